The number of ether oxygens (including phenoxy) is 2. The predicted octanol–water partition coefficient (Wildman–Crippen LogP) is 3.06. The van der Waals surface area contributed by atoms with Gasteiger partial charge in [0.1, 0.15) is 11.5 Å². The molecule has 1 aliphatic rings. The number of carboxylic acid groups (broad SMARTS) is 1. The fourth-order valence-corrected chi connectivity index (χ4v) is 3.31. The second-order valence-electron chi connectivity index (χ2n) is 6.77. The zero-order chi connectivity index (χ0) is 22.5. The molecule has 3 rings (SSSR count). The predicted molar refractivity (Wildman–Crippen MR) is 109 cm³/mol. The van der Waals surface area contributed by atoms with Crippen molar-refractivity contribution in [3.05, 3.63) is 65.2 Å². The zero-order valence-corrected chi connectivity index (χ0v) is 16.9. The number of amides is 2. The summed E-state index contributed by atoms with van der Waals surface area (Å²) in [4.78, 5) is 24.2. The van der Waals surface area contributed by atoms with Crippen LogP contribution in [0.25, 0.3) is 5.57 Å². The number of methoxy groups -OCH3 is 2. The molecule has 31 heavy (non-hydrogen) atoms. The number of nitrogens with one attached hydrogen (secondary N) is 1. The molecule has 7 nitrogen and oxygen atoms in total. The monoisotopic (exact) mass is 431 g/mol. The number of hydrogen-bond donors (Lipinski definition) is 2. The van der Waals surface area contributed by atoms with E-state index in [1.54, 1.807) is 18.2 Å². The van der Waals surface area contributed by atoms with E-state index in [1.165, 1.54) is 43.2 Å². The van der Waals surface area contributed by atoms with Crippen LogP contribution in [-0.4, -0.2) is 54.7 Å². The summed E-state index contributed by atoms with van der Waals surface area (Å²) >= 11 is 0. The van der Waals surface area contributed by atoms with E-state index in [-0.39, 0.29) is 18.5 Å². The van der Waals surface area contributed by atoms with Crippen molar-refractivity contribution in [2.45, 2.75) is 12.5 Å². The van der Waals surface area contributed by atoms with Gasteiger partial charge in [-0.15, -0.1) is 0 Å². The van der Waals surface area contributed by atoms with Gasteiger partial charge in [0.2, 0.25) is 0 Å². The molecule has 1 aliphatic heterocycles. The molecule has 0 fully saturated rings. The lowest BCUT2D eigenvalue weighted by atomic mass is 10.0. The van der Waals surface area contributed by atoms with Crippen LogP contribution in [0.15, 0.2) is 42.5 Å². The summed E-state index contributed by atoms with van der Waals surface area (Å²) in [7, 11) is 2.96. The molecule has 2 aromatic rings. The van der Waals surface area contributed by atoms with Crippen molar-refractivity contribution in [1.29, 1.82) is 0 Å². The summed E-state index contributed by atoms with van der Waals surface area (Å²) < 4.78 is 39.9. The molecule has 1 heterocycles. The van der Waals surface area contributed by atoms with Crippen molar-refractivity contribution in [2.75, 3.05) is 20.8 Å². The number of benzene rings is 2. The van der Waals surface area contributed by atoms with Gasteiger partial charge in [-0.25, -0.2) is 18.4 Å². The first kappa shape index (κ1) is 21.9. The Hall–Kier alpha value is -3.75. The minimum absolute atomic E-state index is 0.00358. The van der Waals surface area contributed by atoms with Crippen LogP contribution in [0.2, 0.25) is 0 Å². The van der Waals surface area contributed by atoms with Gasteiger partial charge in [-0.05, 0) is 18.2 Å². The smallest absolute Gasteiger partial charge is 0.410 e. The van der Waals surface area contributed by atoms with E-state index in [0.717, 1.165) is 6.07 Å². The highest BCUT2D eigenvalue weighted by Gasteiger charge is 2.34. The zero-order valence-electron chi connectivity index (χ0n) is 16.9. The molecule has 0 unspecified atom stereocenters. The van der Waals surface area contributed by atoms with Crippen molar-refractivity contribution in [3.8, 4) is 11.5 Å². The molecular weight excluding hydrogens is 410 g/mol. The Morgan fingerprint density at radius 1 is 1.23 bits per heavy atom. The molecule has 0 spiro atoms. The minimum atomic E-state index is -1.37. The highest BCUT2D eigenvalue weighted by atomic mass is 19.2. The third-order valence-corrected chi connectivity index (χ3v) is 4.85. The molecule has 0 aliphatic carbocycles. The Kier molecular flexibility index (Phi) is 6.64. The van der Waals surface area contributed by atoms with Crippen LogP contribution in [0.3, 0.4) is 0 Å². The normalized spacial score (nSPS) is 17.7. The molecule has 1 atom stereocenters. The van der Waals surface area contributed by atoms with E-state index >= 15 is 0 Å². The quantitative estimate of drug-likeness (QED) is 0.711. The number of carbonyl (C=O) groups excluding carboxylic acids is 1. The van der Waals surface area contributed by atoms with Crippen LogP contribution < -0.4 is 14.8 Å². The maximum atomic E-state index is 14.4. The number of nitrogens with zero attached hydrogens (tertiary/aromatic N) is 1. The van der Waals surface area contributed by atoms with E-state index in [2.05, 4.69) is 5.32 Å². The number of carbonyl (C=O) groups is 2. The molecule has 0 aromatic heterocycles. The van der Waals surface area contributed by atoms with Gasteiger partial charge in [-0.1, -0.05) is 18.2 Å². The standard InChI is InChI=1S/C22H20F2N2O5/c1-30-15-8-6-14(19(10-15)31-2)12-26-11-13(16-4-3-5-17(23)20(16)24)7-9-18(21(26)27)25-22(28)29/h3-8,10,12,18,25H,9,11H2,1-2H3/p+1/t18-/m1/s1. The summed E-state index contributed by atoms with van der Waals surface area (Å²) in [5, 5.41) is 11.3. The van der Waals surface area contributed by atoms with Crippen LogP contribution in [0.5, 0.6) is 11.5 Å². The fourth-order valence-electron chi connectivity index (χ4n) is 3.31. The summed E-state index contributed by atoms with van der Waals surface area (Å²) in [6.07, 6.45) is 1.64. The van der Waals surface area contributed by atoms with Crippen molar-refractivity contribution < 1.29 is 37.5 Å². The number of rotatable bonds is 5. The third kappa shape index (κ3) is 4.88. The van der Waals surface area contributed by atoms with Gasteiger partial charge in [0, 0.05) is 23.6 Å². The Morgan fingerprint density at radius 2 is 2.00 bits per heavy atom. The highest BCUT2D eigenvalue weighted by molar-refractivity contribution is 5.89. The Morgan fingerprint density at radius 3 is 2.68 bits per heavy atom. The van der Waals surface area contributed by atoms with Gasteiger partial charge < -0.3 is 19.9 Å². The lowest BCUT2D eigenvalue weighted by molar-refractivity contribution is -0.432. The first-order chi connectivity index (χ1) is 14.8. The van der Waals surface area contributed by atoms with Crippen LogP contribution in [-0.2, 0) is 4.79 Å². The van der Waals surface area contributed by atoms with Gasteiger partial charge in [0.25, 0.3) is 0 Å². The maximum absolute atomic E-state index is 14.4. The van der Waals surface area contributed by atoms with Gasteiger partial charge >= 0.3 is 12.0 Å². The van der Waals surface area contributed by atoms with Crippen molar-refractivity contribution in [3.63, 3.8) is 0 Å². The molecule has 0 saturated carbocycles. The fraction of sp³-hybridized carbons (Fsp3) is 0.227. The van der Waals surface area contributed by atoms with E-state index in [4.69, 9.17) is 14.6 Å². The summed E-state index contributed by atoms with van der Waals surface area (Å²) in [5.74, 6) is -1.62. The van der Waals surface area contributed by atoms with Crippen LogP contribution in [0, 0.1) is 11.6 Å². The molecule has 9 heteroatoms. The highest BCUT2D eigenvalue weighted by Crippen LogP contribution is 2.26. The van der Waals surface area contributed by atoms with E-state index in [0.29, 0.717) is 22.6 Å². The van der Waals surface area contributed by atoms with Crippen LogP contribution >= 0.6 is 0 Å². The molecular formula is C22H21F2N2O5+. The first-order valence-electron chi connectivity index (χ1n) is 9.34. The topological polar surface area (TPSA) is 87.9 Å². The molecule has 2 aromatic carbocycles. The molecule has 0 bridgehead atoms. The van der Waals surface area contributed by atoms with Gasteiger partial charge in [0.15, 0.2) is 30.4 Å². The van der Waals surface area contributed by atoms with E-state index in [1.807, 2.05) is 0 Å². The summed E-state index contributed by atoms with van der Waals surface area (Å²) in [6.45, 7) is -0.0911. The second kappa shape index (κ2) is 9.38. The van der Waals surface area contributed by atoms with E-state index in [9.17, 15) is 18.4 Å². The number of halogens is 2. The lowest BCUT2D eigenvalue weighted by Crippen LogP contribution is -2.44. The van der Waals surface area contributed by atoms with E-state index < -0.39 is 29.7 Å². The minimum Gasteiger partial charge on any atom is -0.497 e. The van der Waals surface area contributed by atoms with Crippen molar-refractivity contribution in [1.82, 2.24) is 5.32 Å². The summed E-state index contributed by atoms with van der Waals surface area (Å²) in [6, 6.07) is 7.66. The Balaban J connectivity index is 2.09. The molecule has 0 radical (unpaired) electrons. The average Bonchev–Trinajstić information content (AvgIpc) is 2.89. The van der Waals surface area contributed by atoms with Crippen LogP contribution in [0.4, 0.5) is 13.6 Å². The first-order valence-corrected chi connectivity index (χ1v) is 9.34. The molecule has 0 saturated heterocycles. The average molecular weight is 431 g/mol. The Labute approximate surface area is 177 Å². The van der Waals surface area contributed by atoms with Crippen LogP contribution in [0.1, 0.15) is 17.5 Å². The number of hydrogen-bond acceptors (Lipinski definition) is 4. The van der Waals surface area contributed by atoms with Gasteiger partial charge in [0.05, 0.1) is 19.8 Å². The maximum Gasteiger partial charge on any atom is 0.410 e. The Bertz CT molecular complexity index is 1080. The summed E-state index contributed by atoms with van der Waals surface area (Å²) in [5.41, 5.74) is 0.874. The SMILES string of the molecule is COc1ccc(C=[N+]2CC(c3cccc(F)c3F)=CC[C@@H](NC(=O)O)C2=O)c(OC)c1. The lowest BCUT2D eigenvalue weighted by Gasteiger charge is -2.10. The van der Waals surface area contributed by atoms with Crippen molar-refractivity contribution >= 4 is 23.8 Å². The molecule has 2 N–H and O–H groups in total. The third-order valence-electron chi connectivity index (χ3n) is 4.85. The van der Waals surface area contributed by atoms with Crippen molar-refractivity contribution in [2.24, 2.45) is 0 Å². The molecule has 2 amide bonds. The van der Waals surface area contributed by atoms with Gasteiger partial charge in [-0.3, -0.25) is 0 Å². The molecule has 162 valence electrons. The largest absolute Gasteiger partial charge is 0.497 e. The van der Waals surface area contributed by atoms with Gasteiger partial charge in [-0.2, -0.15) is 4.58 Å². The second-order valence-corrected chi connectivity index (χ2v) is 6.77.